The summed E-state index contributed by atoms with van der Waals surface area (Å²) in [5.74, 6) is 0. The minimum Gasteiger partial charge on any atom is -0.381 e. The second-order valence-electron chi connectivity index (χ2n) is 7.16. The molecule has 1 aromatic carbocycles. The lowest BCUT2D eigenvalue weighted by Crippen LogP contribution is -2.55. The molecular weight excluding hydrogens is 368 g/mol. The lowest BCUT2D eigenvalue weighted by atomic mass is 10.0. The van der Waals surface area contributed by atoms with E-state index in [0.717, 1.165) is 67.3 Å². The Bertz CT molecular complexity index is 717. The van der Waals surface area contributed by atoms with E-state index in [1.807, 2.05) is 12.1 Å². The molecule has 3 heterocycles. The van der Waals surface area contributed by atoms with Crippen molar-refractivity contribution < 1.29 is 4.74 Å². The van der Waals surface area contributed by atoms with E-state index in [2.05, 4.69) is 39.1 Å². The highest BCUT2D eigenvalue weighted by Crippen LogP contribution is 2.27. The topological polar surface area (TPSA) is 41.5 Å². The first kappa shape index (κ1) is 18.2. The van der Waals surface area contributed by atoms with E-state index < -0.39 is 0 Å². The van der Waals surface area contributed by atoms with E-state index in [0.29, 0.717) is 12.1 Å². The van der Waals surface area contributed by atoms with Gasteiger partial charge in [0.05, 0.1) is 0 Å². The van der Waals surface area contributed by atoms with Gasteiger partial charge in [-0.2, -0.15) is 0 Å². The molecule has 2 aromatic rings. The molecule has 0 unspecified atom stereocenters. The third-order valence-corrected chi connectivity index (χ3v) is 6.55. The maximum Gasteiger partial charge on any atom is 0.208 e. The third kappa shape index (κ3) is 4.19. The normalized spacial score (nSPS) is 22.7. The highest BCUT2D eigenvalue weighted by Gasteiger charge is 2.30. The highest BCUT2D eigenvalue weighted by molar-refractivity contribution is 7.15. The molecule has 0 bridgehead atoms. The number of aromatic nitrogens is 2. The fourth-order valence-electron chi connectivity index (χ4n) is 3.86. The van der Waals surface area contributed by atoms with Gasteiger partial charge in [0.25, 0.3) is 0 Å². The van der Waals surface area contributed by atoms with Crippen molar-refractivity contribution in [2.45, 2.75) is 38.3 Å². The molecule has 2 aliphatic heterocycles. The van der Waals surface area contributed by atoms with Gasteiger partial charge in [-0.3, -0.25) is 4.90 Å². The Morgan fingerprint density at radius 1 is 1.15 bits per heavy atom. The smallest absolute Gasteiger partial charge is 0.208 e. The zero-order chi connectivity index (χ0) is 17.9. The average molecular weight is 393 g/mol. The molecular formula is C19H25ClN4OS. The lowest BCUT2D eigenvalue weighted by Gasteiger charge is -2.44. The van der Waals surface area contributed by atoms with Crippen molar-refractivity contribution in [3.05, 3.63) is 39.9 Å². The Kier molecular flexibility index (Phi) is 5.74. The number of ether oxygens (including phenoxy) is 1. The van der Waals surface area contributed by atoms with Gasteiger partial charge in [0.2, 0.25) is 5.13 Å². The summed E-state index contributed by atoms with van der Waals surface area (Å²) >= 11 is 7.67. The molecule has 7 heteroatoms. The minimum atomic E-state index is 0.461. The van der Waals surface area contributed by atoms with E-state index in [-0.39, 0.29) is 0 Å². The van der Waals surface area contributed by atoms with Crippen LogP contribution in [0.5, 0.6) is 0 Å². The van der Waals surface area contributed by atoms with Crippen molar-refractivity contribution in [3.8, 4) is 0 Å². The fraction of sp³-hybridized carbons (Fsp3) is 0.579. The Hall–Kier alpha value is -1.21. The van der Waals surface area contributed by atoms with Gasteiger partial charge in [-0.25, -0.2) is 0 Å². The number of halogens is 1. The summed E-state index contributed by atoms with van der Waals surface area (Å²) in [5.41, 5.74) is 1.22. The number of piperazine rings is 1. The van der Waals surface area contributed by atoms with Crippen LogP contribution in [0.15, 0.2) is 24.3 Å². The maximum absolute atomic E-state index is 5.96. The van der Waals surface area contributed by atoms with E-state index in [9.17, 15) is 0 Å². The van der Waals surface area contributed by atoms with Gasteiger partial charge in [-0.1, -0.05) is 35.1 Å². The number of rotatable bonds is 4. The Balaban J connectivity index is 1.37. The number of anilines is 1. The second kappa shape index (κ2) is 8.21. The molecule has 0 amide bonds. The van der Waals surface area contributed by atoms with Crippen molar-refractivity contribution in [3.63, 3.8) is 0 Å². The largest absolute Gasteiger partial charge is 0.381 e. The van der Waals surface area contributed by atoms with E-state index >= 15 is 0 Å². The molecule has 1 aromatic heterocycles. The van der Waals surface area contributed by atoms with Gasteiger partial charge in [0, 0.05) is 56.4 Å². The SMILES string of the molecule is C[C@@H]1CN(C2CCOCC2)CCN1c1nnc(Cc2ccc(Cl)cc2)s1. The molecule has 5 nitrogen and oxygen atoms in total. The monoisotopic (exact) mass is 392 g/mol. The molecule has 26 heavy (non-hydrogen) atoms. The summed E-state index contributed by atoms with van der Waals surface area (Å²) < 4.78 is 5.50. The first-order valence-corrected chi connectivity index (χ1v) is 10.5. The number of nitrogens with zero attached hydrogens (tertiary/aromatic N) is 4. The Morgan fingerprint density at radius 3 is 2.65 bits per heavy atom. The standard InChI is InChI=1S/C19H25ClN4OS/c1-14-13-23(17-6-10-25-11-7-17)8-9-24(14)19-22-21-18(26-19)12-15-2-4-16(20)5-3-15/h2-5,14,17H,6-13H2,1H3/t14-/m1/s1. The molecule has 2 fully saturated rings. The maximum atomic E-state index is 5.96. The van der Waals surface area contributed by atoms with Crippen LogP contribution in [-0.2, 0) is 11.2 Å². The van der Waals surface area contributed by atoms with E-state index in [1.165, 1.54) is 5.56 Å². The quantitative estimate of drug-likeness (QED) is 0.796. The molecule has 1 atom stereocenters. The van der Waals surface area contributed by atoms with Crippen molar-refractivity contribution in [2.75, 3.05) is 37.7 Å². The van der Waals surface area contributed by atoms with E-state index in [1.54, 1.807) is 11.3 Å². The van der Waals surface area contributed by atoms with Crippen LogP contribution in [0.2, 0.25) is 5.02 Å². The van der Waals surface area contributed by atoms with Crippen molar-refractivity contribution >= 4 is 28.1 Å². The molecule has 2 saturated heterocycles. The third-order valence-electron chi connectivity index (χ3n) is 5.34. The van der Waals surface area contributed by atoms with E-state index in [4.69, 9.17) is 16.3 Å². The number of benzene rings is 1. The molecule has 4 rings (SSSR count). The van der Waals surface area contributed by atoms with Crippen molar-refractivity contribution in [1.82, 2.24) is 15.1 Å². The number of hydrogen-bond acceptors (Lipinski definition) is 6. The van der Waals surface area contributed by atoms with Crippen LogP contribution < -0.4 is 4.90 Å². The van der Waals surface area contributed by atoms with Gasteiger partial charge >= 0.3 is 0 Å². The van der Waals surface area contributed by atoms with Crippen LogP contribution in [0, 0.1) is 0 Å². The van der Waals surface area contributed by atoms with Gasteiger partial charge < -0.3 is 9.64 Å². The van der Waals surface area contributed by atoms with Crippen LogP contribution in [0.3, 0.4) is 0 Å². The lowest BCUT2D eigenvalue weighted by molar-refractivity contribution is 0.0280. The summed E-state index contributed by atoms with van der Waals surface area (Å²) in [6.45, 7) is 7.32. The minimum absolute atomic E-state index is 0.461. The second-order valence-corrected chi connectivity index (χ2v) is 8.64. The summed E-state index contributed by atoms with van der Waals surface area (Å²) in [5, 5.41) is 11.8. The summed E-state index contributed by atoms with van der Waals surface area (Å²) in [6, 6.07) is 9.11. The molecule has 0 radical (unpaired) electrons. The molecule has 0 saturated carbocycles. The summed E-state index contributed by atoms with van der Waals surface area (Å²) in [4.78, 5) is 5.05. The van der Waals surface area contributed by atoms with Gasteiger partial charge in [0.15, 0.2) is 0 Å². The predicted octanol–water partition coefficient (Wildman–Crippen LogP) is 3.47. The van der Waals surface area contributed by atoms with Crippen LogP contribution in [0.25, 0.3) is 0 Å². The predicted molar refractivity (Wildman–Crippen MR) is 106 cm³/mol. The van der Waals surface area contributed by atoms with Crippen LogP contribution in [0.4, 0.5) is 5.13 Å². The highest BCUT2D eigenvalue weighted by atomic mass is 35.5. The van der Waals surface area contributed by atoms with Crippen LogP contribution in [-0.4, -0.2) is 60.0 Å². The summed E-state index contributed by atoms with van der Waals surface area (Å²) in [6.07, 6.45) is 3.14. The molecule has 2 aliphatic rings. The molecule has 140 valence electrons. The first-order chi connectivity index (χ1) is 12.7. The molecule has 0 spiro atoms. The van der Waals surface area contributed by atoms with Gasteiger partial charge in [-0.15, -0.1) is 10.2 Å². The summed E-state index contributed by atoms with van der Waals surface area (Å²) in [7, 11) is 0. The average Bonchev–Trinajstić information content (AvgIpc) is 3.12. The Morgan fingerprint density at radius 2 is 1.92 bits per heavy atom. The molecule has 0 N–H and O–H groups in total. The van der Waals surface area contributed by atoms with Gasteiger partial charge in [0.1, 0.15) is 5.01 Å². The van der Waals surface area contributed by atoms with Crippen LogP contribution >= 0.6 is 22.9 Å². The fourth-order valence-corrected chi connectivity index (χ4v) is 4.99. The Labute approximate surface area is 163 Å². The van der Waals surface area contributed by atoms with Crippen LogP contribution in [0.1, 0.15) is 30.3 Å². The number of hydrogen-bond donors (Lipinski definition) is 0. The zero-order valence-corrected chi connectivity index (χ0v) is 16.7. The van der Waals surface area contributed by atoms with Crippen molar-refractivity contribution in [1.29, 1.82) is 0 Å². The van der Waals surface area contributed by atoms with Crippen molar-refractivity contribution in [2.24, 2.45) is 0 Å². The zero-order valence-electron chi connectivity index (χ0n) is 15.1. The molecule has 0 aliphatic carbocycles. The van der Waals surface area contributed by atoms with Gasteiger partial charge in [-0.05, 0) is 37.5 Å². The first-order valence-electron chi connectivity index (χ1n) is 9.34.